The molecule has 0 atom stereocenters. The van der Waals surface area contributed by atoms with Crippen LogP contribution in [0.2, 0.25) is 5.02 Å². The van der Waals surface area contributed by atoms with Gasteiger partial charge in [-0.25, -0.2) is 9.50 Å². The maximum Gasteiger partial charge on any atom is 0.257 e. The van der Waals surface area contributed by atoms with E-state index in [0.717, 1.165) is 28.9 Å². The summed E-state index contributed by atoms with van der Waals surface area (Å²) in [4.78, 5) is 17.6. The summed E-state index contributed by atoms with van der Waals surface area (Å²) in [5, 5.41) is 8.11. The van der Waals surface area contributed by atoms with E-state index in [1.54, 1.807) is 10.7 Å². The smallest absolute Gasteiger partial charge is 0.257 e. The number of nitrogens with zero attached hydrogens (tertiary/aromatic N) is 3. The van der Waals surface area contributed by atoms with Crippen LogP contribution in [-0.2, 0) is 13.0 Å². The maximum atomic E-state index is 12.8. The first-order valence-electron chi connectivity index (χ1n) is 10.7. The molecule has 0 aliphatic heterocycles. The van der Waals surface area contributed by atoms with Gasteiger partial charge in [0, 0.05) is 29.4 Å². The van der Waals surface area contributed by atoms with Gasteiger partial charge in [-0.1, -0.05) is 41.4 Å². The Kier molecular flexibility index (Phi) is 6.02. The highest BCUT2D eigenvalue weighted by Gasteiger charge is 2.19. The first kappa shape index (κ1) is 22.0. The van der Waals surface area contributed by atoms with Gasteiger partial charge in [-0.15, -0.1) is 0 Å². The fourth-order valence-electron chi connectivity index (χ4n) is 4.27. The Bertz CT molecular complexity index is 1300. The van der Waals surface area contributed by atoms with Crippen LogP contribution in [0.3, 0.4) is 0 Å². The Labute approximate surface area is 193 Å². The van der Waals surface area contributed by atoms with Gasteiger partial charge in [-0.2, -0.15) is 5.10 Å². The van der Waals surface area contributed by atoms with Gasteiger partial charge >= 0.3 is 0 Å². The Morgan fingerprint density at radius 2 is 1.66 bits per heavy atom. The lowest BCUT2D eigenvalue weighted by molar-refractivity contribution is 0.0952. The number of rotatable bonds is 5. The van der Waals surface area contributed by atoms with E-state index < -0.39 is 0 Å². The van der Waals surface area contributed by atoms with Crippen molar-refractivity contribution < 1.29 is 4.79 Å². The van der Waals surface area contributed by atoms with E-state index in [9.17, 15) is 4.79 Å². The SMILES string of the molecule is Cc1cc(C)c(Cc2c(C)nc3c(C(=O)NCc4ccc(Cl)cc4)cnn3c2C)c(C)c1. The second-order valence-electron chi connectivity index (χ2n) is 8.42. The topological polar surface area (TPSA) is 59.3 Å². The minimum atomic E-state index is -0.195. The van der Waals surface area contributed by atoms with E-state index >= 15 is 0 Å². The van der Waals surface area contributed by atoms with Crippen molar-refractivity contribution in [3.05, 3.63) is 97.9 Å². The van der Waals surface area contributed by atoms with Gasteiger partial charge in [0.25, 0.3) is 5.91 Å². The molecule has 2 aromatic heterocycles. The molecule has 6 heteroatoms. The third-order valence-electron chi connectivity index (χ3n) is 6.01. The van der Waals surface area contributed by atoms with Gasteiger partial charge in [0.15, 0.2) is 5.65 Å². The molecule has 0 spiro atoms. The molecule has 1 N–H and O–H groups in total. The summed E-state index contributed by atoms with van der Waals surface area (Å²) >= 11 is 5.93. The third-order valence-corrected chi connectivity index (χ3v) is 6.27. The zero-order chi connectivity index (χ0) is 23.0. The van der Waals surface area contributed by atoms with E-state index in [1.165, 1.54) is 22.3 Å². The molecule has 4 aromatic rings. The summed E-state index contributed by atoms with van der Waals surface area (Å²) in [6, 6.07) is 11.8. The number of hydrogen-bond acceptors (Lipinski definition) is 3. The van der Waals surface area contributed by atoms with Gasteiger partial charge in [0.05, 0.1) is 6.20 Å². The molecule has 0 bridgehead atoms. The normalized spacial score (nSPS) is 11.2. The summed E-state index contributed by atoms with van der Waals surface area (Å²) < 4.78 is 1.78. The van der Waals surface area contributed by atoms with Crippen molar-refractivity contribution in [2.75, 3.05) is 0 Å². The predicted molar refractivity (Wildman–Crippen MR) is 129 cm³/mol. The molecule has 5 nitrogen and oxygen atoms in total. The molecule has 0 saturated heterocycles. The number of halogens is 1. The Balaban J connectivity index is 1.63. The van der Waals surface area contributed by atoms with Crippen molar-refractivity contribution in [2.45, 2.75) is 47.6 Å². The largest absolute Gasteiger partial charge is 0.348 e. The number of benzene rings is 2. The lowest BCUT2D eigenvalue weighted by Gasteiger charge is -2.15. The molecule has 2 aromatic carbocycles. The third kappa shape index (κ3) is 4.26. The Morgan fingerprint density at radius 1 is 1.00 bits per heavy atom. The number of nitrogens with one attached hydrogen (secondary N) is 1. The fraction of sp³-hybridized carbons (Fsp3) is 0.269. The minimum absolute atomic E-state index is 0.195. The van der Waals surface area contributed by atoms with Crippen LogP contribution >= 0.6 is 11.6 Å². The molecule has 0 aliphatic carbocycles. The van der Waals surface area contributed by atoms with Gasteiger partial charge < -0.3 is 5.32 Å². The number of carbonyl (C=O) groups excluding carboxylic acids is 1. The van der Waals surface area contributed by atoms with E-state index in [4.69, 9.17) is 16.6 Å². The summed E-state index contributed by atoms with van der Waals surface area (Å²) in [6.07, 6.45) is 2.38. The number of carbonyl (C=O) groups is 1. The van der Waals surface area contributed by atoms with Crippen LogP contribution in [0.5, 0.6) is 0 Å². The summed E-state index contributed by atoms with van der Waals surface area (Å²) in [5.74, 6) is -0.195. The molecular weight excluding hydrogens is 420 g/mol. The molecule has 164 valence electrons. The highest BCUT2D eigenvalue weighted by Crippen LogP contribution is 2.24. The average molecular weight is 447 g/mol. The van der Waals surface area contributed by atoms with Crippen molar-refractivity contribution in [2.24, 2.45) is 0 Å². The lowest BCUT2D eigenvalue weighted by atomic mass is 9.93. The van der Waals surface area contributed by atoms with Crippen molar-refractivity contribution in [1.29, 1.82) is 0 Å². The lowest BCUT2D eigenvalue weighted by Crippen LogP contribution is -2.23. The number of fused-ring (bicyclic) bond motifs is 1. The Hall–Kier alpha value is -3.18. The molecule has 2 heterocycles. The van der Waals surface area contributed by atoms with Crippen LogP contribution in [0, 0.1) is 34.6 Å². The van der Waals surface area contributed by atoms with E-state index in [1.807, 2.05) is 38.1 Å². The first-order chi connectivity index (χ1) is 15.2. The molecule has 0 unspecified atom stereocenters. The number of aryl methyl sites for hydroxylation is 5. The van der Waals surface area contributed by atoms with Gasteiger partial charge in [-0.3, -0.25) is 4.79 Å². The van der Waals surface area contributed by atoms with E-state index in [-0.39, 0.29) is 5.91 Å². The molecule has 0 aliphatic rings. The molecular formula is C26H27ClN4O. The molecule has 0 radical (unpaired) electrons. The van der Waals surface area contributed by atoms with Crippen molar-refractivity contribution in [3.63, 3.8) is 0 Å². The van der Waals surface area contributed by atoms with Crippen LogP contribution in [0.4, 0.5) is 0 Å². The first-order valence-corrected chi connectivity index (χ1v) is 11.1. The summed E-state index contributed by atoms with van der Waals surface area (Å²) in [7, 11) is 0. The van der Waals surface area contributed by atoms with Crippen LogP contribution in [-0.4, -0.2) is 20.5 Å². The van der Waals surface area contributed by atoms with Crippen molar-refractivity contribution >= 4 is 23.2 Å². The maximum absolute atomic E-state index is 12.8. The summed E-state index contributed by atoms with van der Waals surface area (Å²) in [5.41, 5.74) is 10.2. The fourth-order valence-corrected chi connectivity index (χ4v) is 4.40. The van der Waals surface area contributed by atoms with Crippen LogP contribution < -0.4 is 5.32 Å². The predicted octanol–water partition coefficient (Wildman–Crippen LogP) is 5.45. The van der Waals surface area contributed by atoms with Gasteiger partial charge in [-0.05, 0) is 74.6 Å². The molecule has 0 saturated carbocycles. The number of hydrogen-bond donors (Lipinski definition) is 1. The molecule has 32 heavy (non-hydrogen) atoms. The number of amides is 1. The minimum Gasteiger partial charge on any atom is -0.348 e. The summed E-state index contributed by atoms with van der Waals surface area (Å²) in [6.45, 7) is 10.9. The standard InChI is InChI=1S/C26H27ClN4O/c1-15-10-16(2)22(17(3)11-15)12-23-18(4)30-25-24(14-29-31(25)19(23)5)26(32)28-13-20-6-8-21(27)9-7-20/h6-11,14H,12-13H2,1-5H3,(H,28,32). The van der Waals surface area contributed by atoms with Crippen LogP contribution in [0.1, 0.15) is 55.1 Å². The zero-order valence-electron chi connectivity index (χ0n) is 19.1. The highest BCUT2D eigenvalue weighted by molar-refractivity contribution is 6.30. The zero-order valence-corrected chi connectivity index (χ0v) is 19.8. The monoisotopic (exact) mass is 446 g/mol. The molecule has 1 amide bonds. The van der Waals surface area contributed by atoms with Crippen LogP contribution in [0.25, 0.3) is 5.65 Å². The number of aromatic nitrogens is 3. The average Bonchev–Trinajstić information content (AvgIpc) is 3.16. The van der Waals surface area contributed by atoms with Gasteiger partial charge in [0.1, 0.15) is 5.56 Å². The molecule has 0 fully saturated rings. The van der Waals surface area contributed by atoms with Gasteiger partial charge in [0.2, 0.25) is 0 Å². The quantitative estimate of drug-likeness (QED) is 0.443. The second kappa shape index (κ2) is 8.75. The Morgan fingerprint density at radius 3 is 2.31 bits per heavy atom. The van der Waals surface area contributed by atoms with E-state index in [0.29, 0.717) is 22.8 Å². The van der Waals surface area contributed by atoms with Crippen LogP contribution in [0.15, 0.2) is 42.6 Å². The molecule has 4 rings (SSSR count). The van der Waals surface area contributed by atoms with Crippen molar-refractivity contribution in [1.82, 2.24) is 19.9 Å². The van der Waals surface area contributed by atoms with Crippen molar-refractivity contribution in [3.8, 4) is 0 Å². The second-order valence-corrected chi connectivity index (χ2v) is 8.85. The highest BCUT2D eigenvalue weighted by atomic mass is 35.5. The van der Waals surface area contributed by atoms with E-state index in [2.05, 4.69) is 43.3 Å².